The van der Waals surface area contributed by atoms with Gasteiger partial charge in [-0.3, -0.25) is 0 Å². The fraction of sp³-hybridized carbons (Fsp3) is 0.438. The molecule has 1 aromatic carbocycles. The van der Waals surface area contributed by atoms with Crippen LogP contribution < -0.4 is 9.30 Å². The van der Waals surface area contributed by atoms with Crippen molar-refractivity contribution in [2.75, 3.05) is 6.61 Å². The molecule has 0 amide bonds. The van der Waals surface area contributed by atoms with Gasteiger partial charge in [0.2, 0.25) is 0 Å². The molecular weight excluding hydrogens is 250 g/mol. The van der Waals surface area contributed by atoms with Crippen LogP contribution in [0.3, 0.4) is 0 Å². The number of aryl methyl sites for hydroxylation is 1. The number of hydrogen-bond donors (Lipinski definition) is 0. The molecule has 1 aromatic heterocycles. The first-order valence-electron chi connectivity index (χ1n) is 6.97. The number of benzene rings is 1. The zero-order valence-electron chi connectivity index (χ0n) is 12.4. The van der Waals surface area contributed by atoms with E-state index in [1.54, 1.807) is 0 Å². The summed E-state index contributed by atoms with van der Waals surface area (Å²) in [7, 11) is 1.12. The van der Waals surface area contributed by atoms with Crippen LogP contribution in [0.1, 0.15) is 6.42 Å². The highest BCUT2D eigenvalue weighted by molar-refractivity contribution is 6.76. The minimum atomic E-state index is -0.945. The maximum absolute atomic E-state index is 6.00. The molecule has 0 atom stereocenters. The van der Waals surface area contributed by atoms with Crippen molar-refractivity contribution in [2.24, 2.45) is 7.05 Å². The van der Waals surface area contributed by atoms with E-state index in [0.717, 1.165) is 18.8 Å². The number of aromatic nitrogens is 1. The zero-order chi connectivity index (χ0) is 13.9. The van der Waals surface area contributed by atoms with Crippen LogP contribution in [0.2, 0.25) is 25.7 Å². The average molecular weight is 274 g/mol. The smallest absolute Gasteiger partial charge is 0.254 e. The van der Waals surface area contributed by atoms with Gasteiger partial charge in [0.25, 0.3) is 5.52 Å². The number of fused-ring (bicyclic) bond motifs is 1. The Hall–Kier alpha value is -1.35. The summed E-state index contributed by atoms with van der Waals surface area (Å²) in [5.74, 6) is 0.996. The van der Waals surface area contributed by atoms with Crippen LogP contribution in [0.4, 0.5) is 0 Å². The fourth-order valence-electron chi connectivity index (χ4n) is 2.30. The second-order valence-corrected chi connectivity index (χ2v) is 11.9. The van der Waals surface area contributed by atoms with Crippen LogP contribution in [0.5, 0.6) is 5.75 Å². The highest BCUT2D eigenvalue weighted by atomic mass is 28.3. The fourth-order valence-corrected chi connectivity index (χ4v) is 3.51. The molecule has 0 saturated heterocycles. The first kappa shape index (κ1) is 14.1. The second-order valence-electron chi connectivity index (χ2n) is 6.33. The summed E-state index contributed by atoms with van der Waals surface area (Å²) in [6, 6.07) is 11.8. The Morgan fingerprint density at radius 2 is 1.84 bits per heavy atom. The topological polar surface area (TPSA) is 13.1 Å². The van der Waals surface area contributed by atoms with Crippen molar-refractivity contribution in [3.63, 3.8) is 0 Å². The number of hydrogen-bond acceptors (Lipinski definition) is 1. The van der Waals surface area contributed by atoms with Crippen molar-refractivity contribution >= 4 is 19.0 Å². The van der Waals surface area contributed by atoms with Crippen LogP contribution in [0, 0.1) is 0 Å². The first-order valence-corrected chi connectivity index (χ1v) is 10.7. The summed E-state index contributed by atoms with van der Waals surface area (Å²) in [6.07, 6.45) is 3.22. The molecule has 3 heteroatoms. The third-order valence-corrected chi connectivity index (χ3v) is 5.15. The lowest BCUT2D eigenvalue weighted by Crippen LogP contribution is -2.28. The molecular formula is C16H24NOSi+. The maximum Gasteiger partial charge on any atom is 0.254 e. The molecule has 1 heterocycles. The van der Waals surface area contributed by atoms with E-state index >= 15 is 0 Å². The molecule has 0 bridgehead atoms. The van der Waals surface area contributed by atoms with Crippen molar-refractivity contribution in [2.45, 2.75) is 32.1 Å². The molecule has 19 heavy (non-hydrogen) atoms. The highest BCUT2D eigenvalue weighted by Crippen LogP contribution is 2.22. The van der Waals surface area contributed by atoms with Crippen LogP contribution in [0.25, 0.3) is 10.9 Å². The standard InChI is InChI=1S/C16H24NOSi/c1-17-11-6-9-14-8-5-10-15(16(14)17)18-12-7-13-19(2,3)4/h5-6,8-11H,7,12-13H2,1-4H3/q+1. The van der Waals surface area contributed by atoms with E-state index in [1.165, 1.54) is 16.9 Å². The normalized spacial score (nSPS) is 11.8. The molecule has 0 N–H and O–H groups in total. The van der Waals surface area contributed by atoms with Gasteiger partial charge in [-0.2, -0.15) is 4.57 Å². The molecule has 0 aliphatic heterocycles. The third kappa shape index (κ3) is 3.80. The van der Waals surface area contributed by atoms with Gasteiger partial charge < -0.3 is 4.74 Å². The van der Waals surface area contributed by atoms with E-state index in [-0.39, 0.29) is 0 Å². The van der Waals surface area contributed by atoms with Crippen molar-refractivity contribution in [3.05, 3.63) is 36.5 Å². The first-order chi connectivity index (χ1) is 8.97. The Morgan fingerprint density at radius 3 is 2.58 bits per heavy atom. The van der Waals surface area contributed by atoms with Gasteiger partial charge in [-0.05, 0) is 24.6 Å². The van der Waals surface area contributed by atoms with Crippen LogP contribution in [-0.2, 0) is 7.05 Å². The number of pyridine rings is 1. The van der Waals surface area contributed by atoms with Gasteiger partial charge in [0, 0.05) is 14.1 Å². The molecule has 2 nitrogen and oxygen atoms in total. The largest absolute Gasteiger partial charge is 0.487 e. The molecule has 0 aliphatic rings. The average Bonchev–Trinajstić information content (AvgIpc) is 2.34. The summed E-state index contributed by atoms with van der Waals surface area (Å²) >= 11 is 0. The van der Waals surface area contributed by atoms with Crippen molar-refractivity contribution in [3.8, 4) is 5.75 Å². The van der Waals surface area contributed by atoms with Gasteiger partial charge in [0.15, 0.2) is 11.9 Å². The van der Waals surface area contributed by atoms with Crippen molar-refractivity contribution in [1.82, 2.24) is 0 Å². The molecule has 2 aromatic rings. The van der Waals surface area contributed by atoms with E-state index in [0.29, 0.717) is 0 Å². The van der Waals surface area contributed by atoms with E-state index in [1.807, 2.05) is 0 Å². The lowest BCUT2D eigenvalue weighted by molar-refractivity contribution is -0.645. The SMILES string of the molecule is C[n+]1cccc2cccc(OCCC[Si](C)(C)C)c21. The number of nitrogens with zero attached hydrogens (tertiary/aromatic N) is 1. The van der Waals surface area contributed by atoms with Gasteiger partial charge in [-0.25, -0.2) is 0 Å². The Morgan fingerprint density at radius 1 is 1.11 bits per heavy atom. The summed E-state index contributed by atoms with van der Waals surface area (Å²) in [4.78, 5) is 0. The Labute approximate surface area is 117 Å². The summed E-state index contributed by atoms with van der Waals surface area (Å²) < 4.78 is 8.13. The molecule has 102 valence electrons. The molecule has 0 fully saturated rings. The Balaban J connectivity index is 2.09. The Kier molecular flexibility index (Phi) is 4.25. The Bertz CT molecular complexity index is 555. The summed E-state index contributed by atoms with van der Waals surface area (Å²) in [5, 5.41) is 1.23. The van der Waals surface area contributed by atoms with Crippen LogP contribution in [0.15, 0.2) is 36.5 Å². The van der Waals surface area contributed by atoms with Gasteiger partial charge >= 0.3 is 0 Å². The molecule has 0 saturated carbocycles. The predicted molar refractivity (Wildman–Crippen MR) is 83.4 cm³/mol. The van der Waals surface area contributed by atoms with Gasteiger partial charge in [-0.15, -0.1) is 0 Å². The van der Waals surface area contributed by atoms with Gasteiger partial charge in [0.1, 0.15) is 7.05 Å². The third-order valence-electron chi connectivity index (χ3n) is 3.30. The van der Waals surface area contributed by atoms with Gasteiger partial charge in [-0.1, -0.05) is 31.8 Å². The molecule has 2 rings (SSSR count). The minimum Gasteiger partial charge on any atom is -0.487 e. The predicted octanol–water partition coefficient (Wildman–Crippen LogP) is 3.77. The quantitative estimate of drug-likeness (QED) is 0.459. The highest BCUT2D eigenvalue weighted by Gasteiger charge is 2.14. The number of para-hydroxylation sites is 1. The van der Waals surface area contributed by atoms with Gasteiger partial charge in [0.05, 0.1) is 12.0 Å². The minimum absolute atomic E-state index is 0.818. The number of ether oxygens (including phenoxy) is 1. The van der Waals surface area contributed by atoms with Crippen molar-refractivity contribution in [1.29, 1.82) is 0 Å². The van der Waals surface area contributed by atoms with Crippen LogP contribution in [-0.4, -0.2) is 14.7 Å². The zero-order valence-corrected chi connectivity index (χ0v) is 13.4. The van der Waals surface area contributed by atoms with E-state index < -0.39 is 8.07 Å². The van der Waals surface area contributed by atoms with Crippen molar-refractivity contribution < 1.29 is 9.30 Å². The molecule has 0 spiro atoms. The second kappa shape index (κ2) is 5.74. The maximum atomic E-state index is 6.00. The van der Waals surface area contributed by atoms with E-state index in [4.69, 9.17) is 4.74 Å². The lowest BCUT2D eigenvalue weighted by atomic mass is 10.2. The lowest BCUT2D eigenvalue weighted by Gasteiger charge is -2.15. The van der Waals surface area contributed by atoms with Crippen LogP contribution >= 0.6 is 0 Å². The molecule has 0 radical (unpaired) electrons. The monoisotopic (exact) mass is 274 g/mol. The van der Waals surface area contributed by atoms with E-state index in [2.05, 4.69) is 67.8 Å². The molecule has 0 aliphatic carbocycles. The summed E-state index contributed by atoms with van der Waals surface area (Å²) in [5.41, 5.74) is 1.18. The summed E-state index contributed by atoms with van der Waals surface area (Å²) in [6.45, 7) is 8.04. The number of rotatable bonds is 5. The van der Waals surface area contributed by atoms with E-state index in [9.17, 15) is 0 Å². The molecule has 0 unspecified atom stereocenters.